The average molecular weight is 246 g/mol. The first-order valence-corrected chi connectivity index (χ1v) is 5.97. The van der Waals surface area contributed by atoms with Crippen LogP contribution in [0.3, 0.4) is 0 Å². The van der Waals surface area contributed by atoms with Gasteiger partial charge in [-0.15, -0.1) is 11.8 Å². The van der Waals surface area contributed by atoms with Crippen LogP contribution in [-0.4, -0.2) is 16.1 Å². The van der Waals surface area contributed by atoms with Crippen molar-refractivity contribution in [3.8, 4) is 0 Å². The molecule has 0 aromatic carbocycles. The van der Waals surface area contributed by atoms with E-state index >= 15 is 0 Å². The van der Waals surface area contributed by atoms with Gasteiger partial charge in [-0.1, -0.05) is 15.9 Å². The molecule has 3 heteroatoms. The highest BCUT2D eigenvalue weighted by atomic mass is 79.9. The summed E-state index contributed by atoms with van der Waals surface area (Å²) in [5.41, 5.74) is 2.40. The van der Waals surface area contributed by atoms with Gasteiger partial charge in [0.25, 0.3) is 0 Å². The van der Waals surface area contributed by atoms with Crippen molar-refractivity contribution in [2.75, 3.05) is 11.1 Å². The van der Waals surface area contributed by atoms with E-state index in [1.54, 1.807) is 11.8 Å². The predicted molar refractivity (Wildman–Crippen MR) is 58.2 cm³/mol. The van der Waals surface area contributed by atoms with E-state index in [9.17, 15) is 0 Å². The summed E-state index contributed by atoms with van der Waals surface area (Å²) in [7, 11) is 0. The molecule has 0 aliphatic rings. The van der Waals surface area contributed by atoms with Gasteiger partial charge in [0.05, 0.1) is 5.03 Å². The van der Waals surface area contributed by atoms with Gasteiger partial charge in [-0.3, -0.25) is 0 Å². The highest BCUT2D eigenvalue weighted by Crippen LogP contribution is 2.17. The minimum atomic E-state index is 1.02. The zero-order valence-electron chi connectivity index (χ0n) is 7.30. The number of alkyl halides is 1. The van der Waals surface area contributed by atoms with Crippen LogP contribution in [0.1, 0.15) is 11.3 Å². The van der Waals surface area contributed by atoms with Gasteiger partial charge in [-0.2, -0.15) is 0 Å². The molecular weight excluding hydrogens is 234 g/mol. The van der Waals surface area contributed by atoms with Gasteiger partial charge in [0.1, 0.15) is 0 Å². The number of thioether (sulfide) groups is 1. The van der Waals surface area contributed by atoms with Crippen LogP contribution in [0.5, 0.6) is 0 Å². The molecule has 0 saturated carbocycles. The van der Waals surface area contributed by atoms with Gasteiger partial charge < -0.3 is 0 Å². The third kappa shape index (κ3) is 3.15. The summed E-state index contributed by atoms with van der Waals surface area (Å²) in [5, 5.41) is 2.15. The number of aryl methyl sites for hydroxylation is 2. The van der Waals surface area contributed by atoms with Gasteiger partial charge >= 0.3 is 0 Å². The summed E-state index contributed by atoms with van der Waals surface area (Å²) >= 11 is 5.19. The fourth-order valence-corrected chi connectivity index (χ4v) is 2.27. The predicted octanol–water partition coefficient (Wildman–Crippen LogP) is 3.19. The van der Waals surface area contributed by atoms with E-state index in [4.69, 9.17) is 0 Å². The molecule has 0 radical (unpaired) electrons. The molecular formula is C9H12BrNS. The Kier molecular flexibility index (Phi) is 4.09. The topological polar surface area (TPSA) is 12.9 Å². The molecule has 12 heavy (non-hydrogen) atoms. The number of hydrogen-bond donors (Lipinski definition) is 0. The molecule has 0 aliphatic carbocycles. The maximum Gasteiger partial charge on any atom is 0.0965 e. The molecule has 0 bridgehead atoms. The first-order valence-electron chi connectivity index (χ1n) is 3.86. The zero-order valence-corrected chi connectivity index (χ0v) is 9.70. The van der Waals surface area contributed by atoms with Crippen LogP contribution in [0.15, 0.2) is 17.2 Å². The minimum absolute atomic E-state index is 1.02. The van der Waals surface area contributed by atoms with Crippen molar-refractivity contribution in [1.29, 1.82) is 0 Å². The second-order valence-electron chi connectivity index (χ2n) is 2.66. The Balaban J connectivity index is 2.72. The van der Waals surface area contributed by atoms with Crippen molar-refractivity contribution in [3.05, 3.63) is 23.4 Å². The molecule has 0 spiro atoms. The van der Waals surface area contributed by atoms with Gasteiger partial charge in [-0.05, 0) is 31.5 Å². The van der Waals surface area contributed by atoms with Crippen LogP contribution in [0, 0.1) is 13.8 Å². The molecule has 1 heterocycles. The lowest BCUT2D eigenvalue weighted by molar-refractivity contribution is 1.05. The third-order valence-electron chi connectivity index (χ3n) is 1.40. The maximum atomic E-state index is 4.41. The second-order valence-corrected chi connectivity index (χ2v) is 4.57. The lowest BCUT2D eigenvalue weighted by Gasteiger charge is -2.01. The summed E-state index contributed by atoms with van der Waals surface area (Å²) in [6.45, 7) is 4.14. The molecule has 0 fully saturated rings. The first-order chi connectivity index (χ1) is 5.72. The maximum absolute atomic E-state index is 4.41. The molecule has 0 saturated heterocycles. The summed E-state index contributed by atoms with van der Waals surface area (Å²) in [6, 6.07) is 4.22. The first kappa shape index (κ1) is 10.1. The van der Waals surface area contributed by atoms with Crippen LogP contribution in [0.25, 0.3) is 0 Å². The molecule has 0 amide bonds. The lowest BCUT2D eigenvalue weighted by Crippen LogP contribution is -1.88. The van der Waals surface area contributed by atoms with Gasteiger partial charge in [0.2, 0.25) is 0 Å². The Labute approximate surface area is 86.1 Å². The van der Waals surface area contributed by atoms with E-state index in [1.807, 2.05) is 6.92 Å². The van der Waals surface area contributed by atoms with E-state index in [2.05, 4.69) is 40.0 Å². The molecule has 0 unspecified atom stereocenters. The van der Waals surface area contributed by atoms with Crippen molar-refractivity contribution in [1.82, 2.24) is 4.98 Å². The fourth-order valence-electron chi connectivity index (χ4n) is 1.02. The van der Waals surface area contributed by atoms with E-state index in [1.165, 1.54) is 5.56 Å². The second kappa shape index (κ2) is 4.87. The lowest BCUT2D eigenvalue weighted by atomic mass is 10.3. The quantitative estimate of drug-likeness (QED) is 0.600. The number of rotatable bonds is 3. The van der Waals surface area contributed by atoms with Crippen molar-refractivity contribution >= 4 is 27.7 Å². The smallest absolute Gasteiger partial charge is 0.0965 e. The van der Waals surface area contributed by atoms with Crippen LogP contribution >= 0.6 is 27.7 Å². The molecule has 1 aromatic rings. The van der Waals surface area contributed by atoms with E-state index in [-0.39, 0.29) is 0 Å². The average Bonchev–Trinajstić information content (AvgIpc) is 1.99. The van der Waals surface area contributed by atoms with Crippen molar-refractivity contribution < 1.29 is 0 Å². The molecule has 0 atom stereocenters. The summed E-state index contributed by atoms with van der Waals surface area (Å²) in [5.74, 6) is 1.08. The highest BCUT2D eigenvalue weighted by Gasteiger charge is 1.96. The molecule has 1 nitrogen and oxygen atoms in total. The fraction of sp³-hybridized carbons (Fsp3) is 0.444. The van der Waals surface area contributed by atoms with Crippen LogP contribution in [-0.2, 0) is 0 Å². The van der Waals surface area contributed by atoms with Crippen LogP contribution < -0.4 is 0 Å². The Morgan fingerprint density at radius 3 is 2.75 bits per heavy atom. The summed E-state index contributed by atoms with van der Waals surface area (Å²) < 4.78 is 0. The standard InChI is InChI=1S/C9H12BrNS/c1-7-5-8(2)11-9(6-7)12-4-3-10/h5-6H,3-4H2,1-2H3. The van der Waals surface area contributed by atoms with E-state index in [0.717, 1.165) is 21.8 Å². The Morgan fingerprint density at radius 1 is 1.42 bits per heavy atom. The van der Waals surface area contributed by atoms with Crippen molar-refractivity contribution in [2.24, 2.45) is 0 Å². The Hall–Kier alpha value is -0.0200. The van der Waals surface area contributed by atoms with E-state index < -0.39 is 0 Å². The number of hydrogen-bond acceptors (Lipinski definition) is 2. The van der Waals surface area contributed by atoms with Crippen LogP contribution in [0.4, 0.5) is 0 Å². The molecule has 1 aromatic heterocycles. The number of pyridine rings is 1. The van der Waals surface area contributed by atoms with Gasteiger partial charge in [0.15, 0.2) is 0 Å². The Morgan fingerprint density at radius 2 is 2.17 bits per heavy atom. The van der Waals surface area contributed by atoms with Gasteiger partial charge in [-0.25, -0.2) is 4.98 Å². The van der Waals surface area contributed by atoms with Crippen molar-refractivity contribution in [3.63, 3.8) is 0 Å². The molecule has 1 rings (SSSR count). The largest absolute Gasteiger partial charge is 0.247 e. The number of aromatic nitrogens is 1. The zero-order chi connectivity index (χ0) is 8.97. The van der Waals surface area contributed by atoms with E-state index in [0.29, 0.717) is 0 Å². The van der Waals surface area contributed by atoms with Crippen molar-refractivity contribution in [2.45, 2.75) is 18.9 Å². The highest BCUT2D eigenvalue weighted by molar-refractivity contribution is 9.09. The molecule has 0 N–H and O–H groups in total. The molecule has 66 valence electrons. The summed E-state index contributed by atoms with van der Waals surface area (Å²) in [4.78, 5) is 4.41. The van der Waals surface area contributed by atoms with Gasteiger partial charge in [0, 0.05) is 16.8 Å². The van der Waals surface area contributed by atoms with Crippen LogP contribution in [0.2, 0.25) is 0 Å². The number of halogens is 1. The monoisotopic (exact) mass is 245 g/mol. The normalized spacial score (nSPS) is 10.2. The summed E-state index contributed by atoms with van der Waals surface area (Å²) in [6.07, 6.45) is 0. The molecule has 0 aliphatic heterocycles. The SMILES string of the molecule is Cc1cc(C)nc(SCCBr)c1. The minimum Gasteiger partial charge on any atom is -0.247 e. The number of nitrogens with zero attached hydrogens (tertiary/aromatic N) is 1. The third-order valence-corrected chi connectivity index (χ3v) is 3.24. The Bertz CT molecular complexity index is 242.